The van der Waals surface area contributed by atoms with Gasteiger partial charge in [0.1, 0.15) is 28.3 Å². The van der Waals surface area contributed by atoms with Crippen molar-refractivity contribution >= 4 is 28.3 Å². The van der Waals surface area contributed by atoms with E-state index in [-0.39, 0.29) is 17.6 Å². The second-order valence-electron chi connectivity index (χ2n) is 10.6. The lowest BCUT2D eigenvalue weighted by atomic mass is 9.99. The molecular weight excluding hydrogens is 567 g/mol. The number of nitrogens with one attached hydrogen (secondary N) is 2. The monoisotopic (exact) mass is 608 g/mol. The average molecular weight is 609 g/mol. The Bertz CT molecular complexity index is 1380. The molecule has 2 aliphatic heterocycles. The third-order valence-corrected chi connectivity index (χ3v) is 8.57. The van der Waals surface area contributed by atoms with Gasteiger partial charge in [-0.2, -0.15) is 5.26 Å². The Labute approximate surface area is 257 Å². The van der Waals surface area contributed by atoms with Crippen LogP contribution in [0.2, 0.25) is 0 Å². The number of rotatable bonds is 10. The fourth-order valence-corrected chi connectivity index (χ4v) is 6.13. The maximum atomic E-state index is 13.5. The minimum atomic E-state index is -0.341. The van der Waals surface area contributed by atoms with Crippen molar-refractivity contribution in [3.05, 3.63) is 59.3 Å². The highest BCUT2D eigenvalue weighted by Crippen LogP contribution is 2.33. The molecule has 43 heavy (non-hydrogen) atoms. The first kappa shape index (κ1) is 31.8. The minimum absolute atomic E-state index is 0.106. The molecule has 1 amide bonds. The number of hydrazine groups is 1. The van der Waals surface area contributed by atoms with E-state index in [2.05, 4.69) is 45.1 Å². The van der Waals surface area contributed by atoms with Crippen molar-refractivity contribution < 1.29 is 9.18 Å². The lowest BCUT2D eigenvalue weighted by molar-refractivity contribution is -0.141. The lowest BCUT2D eigenvalue weighted by Gasteiger charge is -2.43. The van der Waals surface area contributed by atoms with Crippen LogP contribution in [0.15, 0.2) is 53.6 Å². The predicted octanol–water partition coefficient (Wildman–Crippen LogP) is 3.09. The Morgan fingerprint density at radius 2 is 1.86 bits per heavy atom. The van der Waals surface area contributed by atoms with E-state index in [9.17, 15) is 14.4 Å². The molecule has 2 aliphatic rings. The maximum Gasteiger partial charge on any atom is 0.228 e. The smallest absolute Gasteiger partial charge is 0.228 e. The van der Waals surface area contributed by atoms with Crippen LogP contribution in [-0.2, 0) is 4.79 Å². The van der Waals surface area contributed by atoms with Gasteiger partial charge in [-0.05, 0) is 44.7 Å². The van der Waals surface area contributed by atoms with Crippen molar-refractivity contribution in [3.8, 4) is 17.3 Å². The van der Waals surface area contributed by atoms with Crippen LogP contribution in [0.5, 0.6) is 0 Å². The number of aromatic nitrogens is 1. The molecule has 2 fully saturated rings. The Morgan fingerprint density at radius 3 is 2.42 bits per heavy atom. The van der Waals surface area contributed by atoms with Gasteiger partial charge in [0.25, 0.3) is 0 Å². The number of hydrogen-bond acceptors (Lipinski definition) is 9. The molecule has 11 nitrogen and oxygen atoms in total. The Morgan fingerprint density at radius 1 is 1.21 bits per heavy atom. The number of aliphatic imine (C=N–C) groups is 1. The fourth-order valence-electron chi connectivity index (χ4n) is 5.28. The molecule has 2 saturated heterocycles. The third-order valence-electron chi connectivity index (χ3n) is 7.54. The largest absolute Gasteiger partial charge is 0.370 e. The number of hydrogen-bond donors (Lipinski definition) is 2. The van der Waals surface area contributed by atoms with E-state index < -0.39 is 0 Å². The summed E-state index contributed by atoms with van der Waals surface area (Å²) in [7, 11) is 5.85. The van der Waals surface area contributed by atoms with Gasteiger partial charge in [0.2, 0.25) is 11.9 Å². The molecular formula is C30H41FN10OS. The molecule has 4 rings (SSSR count). The Kier molecular flexibility index (Phi) is 10.6. The van der Waals surface area contributed by atoms with Crippen LogP contribution in [0.4, 0.5) is 9.52 Å². The van der Waals surface area contributed by atoms with Gasteiger partial charge in [-0.15, -0.1) is 0 Å². The number of nitrogens with zero attached hydrogens (tertiary/aromatic N) is 8. The number of thiazole rings is 1. The SMILES string of the molecule is C=C/N=C(/N1CCN(C(=O)C2CN(C)C2)CC1)N(C)N/C(CC)=C(\NCC)N(C)c1nc(-c2ccc(F)cc2)c(C#N)s1. The van der Waals surface area contributed by atoms with E-state index in [0.29, 0.717) is 66.4 Å². The van der Waals surface area contributed by atoms with Gasteiger partial charge >= 0.3 is 0 Å². The number of allylic oxidation sites excluding steroid dienone is 1. The molecule has 0 spiro atoms. The van der Waals surface area contributed by atoms with Crippen molar-refractivity contribution in [2.24, 2.45) is 10.9 Å². The van der Waals surface area contributed by atoms with Crippen LogP contribution in [0.25, 0.3) is 11.3 Å². The summed E-state index contributed by atoms with van der Waals surface area (Å²) < 4.78 is 13.5. The summed E-state index contributed by atoms with van der Waals surface area (Å²) in [6, 6.07) is 8.23. The molecule has 0 radical (unpaired) electrons. The number of anilines is 1. The average Bonchev–Trinajstić information content (AvgIpc) is 3.44. The van der Waals surface area contributed by atoms with Crippen LogP contribution < -0.4 is 15.6 Å². The maximum absolute atomic E-state index is 13.5. The topological polar surface area (TPSA) is 106 Å². The quantitative estimate of drug-likeness (QED) is 0.239. The molecule has 2 aromatic rings. The summed E-state index contributed by atoms with van der Waals surface area (Å²) in [6.45, 7) is 12.8. The third kappa shape index (κ3) is 7.26. The Hall–Kier alpha value is -4.15. The van der Waals surface area contributed by atoms with E-state index in [1.165, 1.54) is 29.7 Å². The zero-order valence-corrected chi connectivity index (χ0v) is 26.4. The van der Waals surface area contributed by atoms with E-state index in [4.69, 9.17) is 4.98 Å². The van der Waals surface area contributed by atoms with Crippen molar-refractivity contribution in [2.45, 2.75) is 20.3 Å². The molecule has 1 aromatic carbocycles. The van der Waals surface area contributed by atoms with Gasteiger partial charge in [-0.3, -0.25) is 15.2 Å². The normalized spacial score (nSPS) is 16.6. The number of nitriles is 1. The molecule has 0 aliphatic carbocycles. The number of piperazine rings is 1. The number of guanidine groups is 1. The number of benzene rings is 1. The number of likely N-dealkylation sites (tertiary alicyclic amines) is 1. The first-order chi connectivity index (χ1) is 20.7. The number of carbonyl (C=O) groups is 1. The van der Waals surface area contributed by atoms with E-state index in [0.717, 1.165) is 24.6 Å². The van der Waals surface area contributed by atoms with E-state index in [1.807, 2.05) is 42.9 Å². The summed E-state index contributed by atoms with van der Waals surface area (Å²) in [5.74, 6) is 1.51. The summed E-state index contributed by atoms with van der Waals surface area (Å²) in [5.41, 5.74) is 5.61. The summed E-state index contributed by atoms with van der Waals surface area (Å²) in [6.07, 6.45) is 2.19. The molecule has 3 heterocycles. The second-order valence-corrected chi connectivity index (χ2v) is 11.6. The number of halogens is 1. The van der Waals surface area contributed by atoms with Crippen LogP contribution in [0.3, 0.4) is 0 Å². The Balaban J connectivity index is 1.52. The predicted molar refractivity (Wildman–Crippen MR) is 169 cm³/mol. The summed E-state index contributed by atoms with van der Waals surface area (Å²) >= 11 is 1.28. The minimum Gasteiger partial charge on any atom is -0.370 e. The molecule has 230 valence electrons. The first-order valence-corrected chi connectivity index (χ1v) is 15.3. The van der Waals surface area contributed by atoms with E-state index >= 15 is 0 Å². The van der Waals surface area contributed by atoms with Gasteiger partial charge in [0.15, 0.2) is 5.13 Å². The summed E-state index contributed by atoms with van der Waals surface area (Å²) in [4.78, 5) is 30.9. The zero-order valence-electron chi connectivity index (χ0n) is 25.6. The molecule has 0 atom stereocenters. The molecule has 2 N–H and O–H groups in total. The van der Waals surface area contributed by atoms with Crippen molar-refractivity contribution in [3.63, 3.8) is 0 Å². The van der Waals surface area contributed by atoms with Crippen molar-refractivity contribution in [1.29, 1.82) is 5.26 Å². The van der Waals surface area contributed by atoms with Gasteiger partial charge < -0.3 is 24.9 Å². The number of carbonyl (C=O) groups excluding carboxylic acids is 1. The molecule has 0 bridgehead atoms. The van der Waals surface area contributed by atoms with E-state index in [1.54, 1.807) is 12.1 Å². The van der Waals surface area contributed by atoms with Crippen LogP contribution >= 0.6 is 11.3 Å². The lowest BCUT2D eigenvalue weighted by Crippen LogP contribution is -2.59. The number of amides is 1. The molecule has 0 saturated carbocycles. The van der Waals surface area contributed by atoms with Gasteiger partial charge in [-0.1, -0.05) is 24.8 Å². The van der Waals surface area contributed by atoms with Crippen molar-refractivity contribution in [2.75, 3.05) is 71.9 Å². The molecule has 1 aromatic heterocycles. The van der Waals surface area contributed by atoms with Crippen LogP contribution in [-0.4, -0.2) is 104 Å². The highest BCUT2D eigenvalue weighted by molar-refractivity contribution is 7.16. The van der Waals surface area contributed by atoms with Crippen molar-refractivity contribution in [1.82, 2.24) is 35.4 Å². The molecule has 13 heteroatoms. The van der Waals surface area contributed by atoms with Gasteiger partial charge in [0.05, 0.1) is 11.6 Å². The molecule has 0 unspecified atom stereocenters. The summed E-state index contributed by atoms with van der Waals surface area (Å²) in [5, 5.41) is 15.8. The second kappa shape index (κ2) is 14.3. The standard InChI is InChI=1S/C30H41FN10OS/c1-7-24(27(33-8-2)38(5)30-35-26(25(18-32)43-30)21-10-12-23(31)13-11-21)36-39(6)29(34-9-3)41-16-14-40(15-17-41)28(42)22-19-37(4)20-22/h9-13,22,33,36H,3,7-8,14-17,19-20H2,1-2,4-6H3/b27-24+,34-29+. The zero-order chi connectivity index (χ0) is 31.1. The highest BCUT2D eigenvalue weighted by atomic mass is 32.1. The van der Waals surface area contributed by atoms with Crippen LogP contribution in [0.1, 0.15) is 25.1 Å². The van der Waals surface area contributed by atoms with Gasteiger partial charge in [-0.25, -0.2) is 14.4 Å². The highest BCUT2D eigenvalue weighted by Gasteiger charge is 2.35. The van der Waals surface area contributed by atoms with Gasteiger partial charge in [0, 0.05) is 71.7 Å². The fraction of sp³-hybridized carbons (Fsp3) is 0.467. The van der Waals surface area contributed by atoms with Crippen LogP contribution in [0, 0.1) is 23.1 Å². The first-order valence-electron chi connectivity index (χ1n) is 14.5.